The van der Waals surface area contributed by atoms with Crippen molar-refractivity contribution in [2.24, 2.45) is 0 Å². The van der Waals surface area contributed by atoms with Gasteiger partial charge in [0.25, 0.3) is 0 Å². The van der Waals surface area contributed by atoms with Crippen LogP contribution in [0.4, 0.5) is 4.79 Å². The number of fused-ring (bicyclic) bond motifs is 3. The Balaban J connectivity index is 1.39. The Morgan fingerprint density at radius 1 is 1.10 bits per heavy atom. The second-order valence-electron chi connectivity index (χ2n) is 7.93. The van der Waals surface area contributed by atoms with Crippen LogP contribution in [0.1, 0.15) is 30.4 Å². The van der Waals surface area contributed by atoms with Crippen LogP contribution < -0.4 is 5.32 Å². The number of aliphatic carboxylic acids is 1. The minimum absolute atomic E-state index is 0.0290. The third-order valence-electron chi connectivity index (χ3n) is 5.90. The molecule has 1 aliphatic heterocycles. The summed E-state index contributed by atoms with van der Waals surface area (Å²) >= 11 is 0. The fraction of sp³-hybridized carbons (Fsp3) is 0.348. The van der Waals surface area contributed by atoms with Crippen LogP contribution in [-0.2, 0) is 14.3 Å². The summed E-state index contributed by atoms with van der Waals surface area (Å²) in [6.45, 7) is 1.50. The van der Waals surface area contributed by atoms with Crippen LogP contribution in [0.2, 0.25) is 0 Å². The molecule has 1 fully saturated rings. The topological polar surface area (TPSA) is 116 Å². The van der Waals surface area contributed by atoms with E-state index in [0.717, 1.165) is 27.2 Å². The monoisotopic (exact) mass is 424 g/mol. The van der Waals surface area contributed by atoms with Gasteiger partial charge in [-0.05, 0) is 29.2 Å². The Kier molecular flexibility index (Phi) is 5.65. The van der Waals surface area contributed by atoms with Crippen LogP contribution in [0.3, 0.4) is 0 Å². The molecule has 1 saturated heterocycles. The summed E-state index contributed by atoms with van der Waals surface area (Å²) in [5.74, 6) is -1.86. The van der Waals surface area contributed by atoms with Gasteiger partial charge in [-0.2, -0.15) is 0 Å². The Bertz CT molecular complexity index is 977. The number of ether oxygens (including phenoxy) is 1. The first-order valence-electron chi connectivity index (χ1n) is 10.2. The van der Waals surface area contributed by atoms with Gasteiger partial charge in [0.05, 0.1) is 6.10 Å². The van der Waals surface area contributed by atoms with E-state index in [1.165, 1.54) is 6.92 Å². The Hall–Kier alpha value is -3.39. The number of likely N-dealkylation sites (tertiary alicyclic amines) is 1. The number of benzene rings is 2. The quantitative estimate of drug-likeness (QED) is 0.676. The predicted octanol–water partition coefficient (Wildman–Crippen LogP) is 1.96. The van der Waals surface area contributed by atoms with E-state index in [4.69, 9.17) is 4.74 Å². The number of β-amino-alcohol motifs (C(OH)–C–C–N with tert-alkyl or cyclic N) is 1. The molecule has 3 atom stereocenters. The molecule has 4 rings (SSSR count). The molecule has 2 aromatic carbocycles. The molecule has 0 spiro atoms. The lowest BCUT2D eigenvalue weighted by molar-refractivity contribution is -0.148. The van der Waals surface area contributed by atoms with Gasteiger partial charge in [0, 0.05) is 18.9 Å². The van der Waals surface area contributed by atoms with Crippen LogP contribution in [0.25, 0.3) is 11.1 Å². The zero-order valence-corrected chi connectivity index (χ0v) is 17.0. The van der Waals surface area contributed by atoms with Crippen molar-refractivity contribution in [3.05, 3.63) is 59.7 Å². The van der Waals surface area contributed by atoms with E-state index >= 15 is 0 Å². The van der Waals surface area contributed by atoms with E-state index in [1.807, 2.05) is 48.5 Å². The fourth-order valence-electron chi connectivity index (χ4n) is 4.42. The number of aliphatic hydroxyl groups excluding tert-OH is 1. The normalized spacial score (nSPS) is 20.6. The van der Waals surface area contributed by atoms with Crippen LogP contribution in [0.5, 0.6) is 0 Å². The predicted molar refractivity (Wildman–Crippen MR) is 111 cm³/mol. The number of nitrogens with zero attached hydrogens (tertiary/aromatic N) is 1. The largest absolute Gasteiger partial charge is 0.480 e. The molecule has 1 heterocycles. The molecule has 0 aromatic heterocycles. The maximum absolute atomic E-state index is 12.6. The standard InChI is InChI=1S/C23H24N2O6/c1-13(21(27)25-11-14(26)10-20(25)22(28)29)24-23(30)31-12-19-17-8-4-2-6-15(17)16-7-3-5-9-18(16)19/h2-9,13-14,19-20,26H,10-12H2,1H3,(H,24,30)(H,28,29)/t13?,14-,20-/m0/s1. The maximum atomic E-state index is 12.6. The van der Waals surface area contributed by atoms with Crippen molar-refractivity contribution in [2.45, 2.75) is 37.5 Å². The number of carboxylic acid groups (broad SMARTS) is 1. The third-order valence-corrected chi connectivity index (χ3v) is 5.90. The number of aliphatic hydroxyl groups is 1. The van der Waals surface area contributed by atoms with E-state index in [-0.39, 0.29) is 25.5 Å². The summed E-state index contributed by atoms with van der Waals surface area (Å²) in [6.07, 6.45) is -1.68. The molecule has 8 nitrogen and oxygen atoms in total. The zero-order valence-electron chi connectivity index (χ0n) is 17.0. The molecule has 0 bridgehead atoms. The lowest BCUT2D eigenvalue weighted by atomic mass is 9.98. The number of amides is 2. The van der Waals surface area contributed by atoms with Crippen molar-refractivity contribution in [3.8, 4) is 11.1 Å². The lowest BCUT2D eigenvalue weighted by Crippen LogP contribution is -2.50. The number of rotatable bonds is 5. The minimum atomic E-state index is -1.18. The first kappa shape index (κ1) is 20.9. The molecule has 31 heavy (non-hydrogen) atoms. The molecular formula is C23H24N2O6. The molecule has 8 heteroatoms. The van der Waals surface area contributed by atoms with Gasteiger partial charge in [-0.1, -0.05) is 48.5 Å². The van der Waals surface area contributed by atoms with Gasteiger partial charge >= 0.3 is 12.1 Å². The summed E-state index contributed by atoms with van der Waals surface area (Å²) in [4.78, 5) is 37.4. The summed E-state index contributed by atoms with van der Waals surface area (Å²) < 4.78 is 5.43. The van der Waals surface area contributed by atoms with Gasteiger partial charge in [-0.25, -0.2) is 9.59 Å². The van der Waals surface area contributed by atoms with Crippen molar-refractivity contribution in [1.29, 1.82) is 0 Å². The summed E-state index contributed by atoms with van der Waals surface area (Å²) in [7, 11) is 0. The smallest absolute Gasteiger partial charge is 0.407 e. The van der Waals surface area contributed by atoms with Gasteiger partial charge in [0.15, 0.2) is 0 Å². The molecule has 1 aliphatic carbocycles. The minimum Gasteiger partial charge on any atom is -0.480 e. The van der Waals surface area contributed by atoms with E-state index in [1.54, 1.807) is 0 Å². The maximum Gasteiger partial charge on any atom is 0.407 e. The molecule has 0 radical (unpaired) electrons. The van der Waals surface area contributed by atoms with Gasteiger partial charge in [-0.15, -0.1) is 0 Å². The highest BCUT2D eigenvalue weighted by Crippen LogP contribution is 2.44. The highest BCUT2D eigenvalue weighted by atomic mass is 16.5. The average molecular weight is 424 g/mol. The molecule has 1 unspecified atom stereocenters. The molecule has 2 amide bonds. The van der Waals surface area contributed by atoms with Crippen LogP contribution in [-0.4, -0.2) is 64.4 Å². The van der Waals surface area contributed by atoms with Crippen molar-refractivity contribution >= 4 is 18.0 Å². The number of hydrogen-bond acceptors (Lipinski definition) is 5. The van der Waals surface area contributed by atoms with Gasteiger partial charge in [-0.3, -0.25) is 4.79 Å². The first-order chi connectivity index (χ1) is 14.9. The molecule has 3 N–H and O–H groups in total. The van der Waals surface area contributed by atoms with Crippen LogP contribution in [0, 0.1) is 0 Å². The first-order valence-corrected chi connectivity index (χ1v) is 10.2. The van der Waals surface area contributed by atoms with Gasteiger partial charge in [0.2, 0.25) is 5.91 Å². The summed E-state index contributed by atoms with van der Waals surface area (Å²) in [6, 6.07) is 13.9. The second-order valence-corrected chi connectivity index (χ2v) is 7.93. The number of carboxylic acids is 1. The van der Waals surface area contributed by atoms with E-state index < -0.39 is 36.2 Å². The zero-order chi connectivity index (χ0) is 22.1. The number of nitrogens with one attached hydrogen (secondary N) is 1. The fourth-order valence-corrected chi connectivity index (χ4v) is 4.42. The molecule has 2 aliphatic rings. The Morgan fingerprint density at radius 2 is 1.68 bits per heavy atom. The Morgan fingerprint density at radius 3 is 2.26 bits per heavy atom. The average Bonchev–Trinajstić information content (AvgIpc) is 3.30. The van der Waals surface area contributed by atoms with Gasteiger partial charge < -0.3 is 25.2 Å². The van der Waals surface area contributed by atoms with Crippen molar-refractivity contribution in [3.63, 3.8) is 0 Å². The highest BCUT2D eigenvalue weighted by molar-refractivity contribution is 5.89. The van der Waals surface area contributed by atoms with Gasteiger partial charge in [0.1, 0.15) is 18.7 Å². The Labute approximate surface area is 179 Å². The van der Waals surface area contributed by atoms with Crippen molar-refractivity contribution < 1.29 is 29.3 Å². The van der Waals surface area contributed by atoms with Crippen molar-refractivity contribution in [1.82, 2.24) is 10.2 Å². The second kappa shape index (κ2) is 8.39. The van der Waals surface area contributed by atoms with Crippen molar-refractivity contribution in [2.75, 3.05) is 13.2 Å². The molecule has 2 aromatic rings. The summed E-state index contributed by atoms with van der Waals surface area (Å²) in [5, 5.41) is 21.5. The molecule has 162 valence electrons. The summed E-state index contributed by atoms with van der Waals surface area (Å²) in [5.41, 5.74) is 4.39. The SMILES string of the molecule is CC(NC(=O)OCC1c2ccccc2-c2ccccc21)C(=O)N1C[C@@H](O)C[C@H]1C(=O)O. The number of alkyl carbamates (subject to hydrolysis) is 1. The molecular weight excluding hydrogens is 400 g/mol. The third kappa shape index (κ3) is 3.98. The number of carbonyl (C=O) groups excluding carboxylic acids is 2. The highest BCUT2D eigenvalue weighted by Gasteiger charge is 2.40. The lowest BCUT2D eigenvalue weighted by Gasteiger charge is -2.25. The van der Waals surface area contributed by atoms with E-state index in [9.17, 15) is 24.6 Å². The van der Waals surface area contributed by atoms with E-state index in [2.05, 4.69) is 5.32 Å². The van der Waals surface area contributed by atoms with Crippen LogP contribution >= 0.6 is 0 Å². The van der Waals surface area contributed by atoms with Crippen LogP contribution in [0.15, 0.2) is 48.5 Å². The molecule has 0 saturated carbocycles. The van der Waals surface area contributed by atoms with E-state index in [0.29, 0.717) is 0 Å². The number of hydrogen-bond donors (Lipinski definition) is 3. The number of carbonyl (C=O) groups is 3.